The second-order valence-electron chi connectivity index (χ2n) is 8.43. The lowest BCUT2D eigenvalue weighted by atomic mass is 10.2. The third-order valence-electron chi connectivity index (χ3n) is 6.04. The Morgan fingerprint density at radius 3 is 2.79 bits per heavy atom. The molecule has 174 valence electrons. The molecule has 1 amide bonds. The molecule has 5 rings (SSSR count). The van der Waals surface area contributed by atoms with Gasteiger partial charge in [0.05, 0.1) is 11.8 Å². The molecule has 5 nitrogen and oxygen atoms in total. The zero-order valence-corrected chi connectivity index (χ0v) is 19.6. The molecule has 2 aromatic heterocycles. The van der Waals surface area contributed by atoms with Gasteiger partial charge >= 0.3 is 0 Å². The first kappa shape index (κ1) is 22.5. The Kier molecular flexibility index (Phi) is 6.83. The van der Waals surface area contributed by atoms with E-state index in [4.69, 9.17) is 4.74 Å². The first-order valence-electron chi connectivity index (χ1n) is 11.5. The van der Waals surface area contributed by atoms with Crippen molar-refractivity contribution >= 4 is 28.3 Å². The number of nitrogens with zero attached hydrogens (tertiary/aromatic N) is 3. The van der Waals surface area contributed by atoms with Crippen LogP contribution < -0.4 is 0 Å². The number of ether oxygens (including phenoxy) is 1. The van der Waals surface area contributed by atoms with Crippen molar-refractivity contribution in [1.29, 1.82) is 0 Å². The molecule has 0 spiro atoms. The summed E-state index contributed by atoms with van der Waals surface area (Å²) in [7, 11) is 0. The zero-order valence-electron chi connectivity index (χ0n) is 18.8. The molecule has 7 heteroatoms. The van der Waals surface area contributed by atoms with Gasteiger partial charge in [-0.15, -0.1) is 11.3 Å². The van der Waals surface area contributed by atoms with E-state index in [9.17, 15) is 9.18 Å². The van der Waals surface area contributed by atoms with Crippen LogP contribution in [0.5, 0.6) is 0 Å². The lowest BCUT2D eigenvalue weighted by Gasteiger charge is -2.24. The Labute approximate surface area is 202 Å². The Balaban J connectivity index is 1.31. The summed E-state index contributed by atoms with van der Waals surface area (Å²) < 4.78 is 21.2. The Morgan fingerprint density at radius 2 is 2.03 bits per heavy atom. The van der Waals surface area contributed by atoms with E-state index in [1.807, 2.05) is 47.5 Å². The predicted molar refractivity (Wildman–Crippen MR) is 133 cm³/mol. The molecule has 1 saturated heterocycles. The van der Waals surface area contributed by atoms with Gasteiger partial charge in [0.1, 0.15) is 5.82 Å². The van der Waals surface area contributed by atoms with Gasteiger partial charge in [-0.2, -0.15) is 0 Å². The first-order chi connectivity index (χ1) is 16.7. The lowest BCUT2D eigenvalue weighted by molar-refractivity contribution is -0.127. The van der Waals surface area contributed by atoms with E-state index >= 15 is 0 Å². The minimum absolute atomic E-state index is 0.0107. The van der Waals surface area contributed by atoms with Gasteiger partial charge in [0.25, 0.3) is 0 Å². The van der Waals surface area contributed by atoms with Gasteiger partial charge < -0.3 is 9.64 Å². The van der Waals surface area contributed by atoms with Gasteiger partial charge in [-0.25, -0.2) is 9.37 Å². The molecule has 3 heterocycles. The van der Waals surface area contributed by atoms with Crippen LogP contribution >= 0.6 is 11.3 Å². The number of aromatic nitrogens is 2. The molecule has 0 radical (unpaired) electrons. The van der Waals surface area contributed by atoms with E-state index < -0.39 is 0 Å². The molecule has 4 aromatic rings. The van der Waals surface area contributed by atoms with Gasteiger partial charge in [0, 0.05) is 55.0 Å². The highest BCUT2D eigenvalue weighted by atomic mass is 32.1. The molecule has 2 aromatic carbocycles. The van der Waals surface area contributed by atoms with Crippen molar-refractivity contribution in [2.75, 3.05) is 19.7 Å². The van der Waals surface area contributed by atoms with Crippen molar-refractivity contribution in [3.8, 4) is 11.3 Å². The summed E-state index contributed by atoms with van der Waals surface area (Å²) in [6, 6.07) is 16.2. The zero-order chi connectivity index (χ0) is 23.3. The van der Waals surface area contributed by atoms with E-state index in [0.29, 0.717) is 19.5 Å². The van der Waals surface area contributed by atoms with Crippen LogP contribution in [0.1, 0.15) is 24.1 Å². The van der Waals surface area contributed by atoms with Gasteiger partial charge in [-0.3, -0.25) is 9.20 Å². The monoisotopic (exact) mass is 475 g/mol. The van der Waals surface area contributed by atoms with Crippen LogP contribution in [0.2, 0.25) is 0 Å². The van der Waals surface area contributed by atoms with Crippen LogP contribution in [0.4, 0.5) is 4.39 Å². The van der Waals surface area contributed by atoms with E-state index in [-0.39, 0.29) is 17.8 Å². The van der Waals surface area contributed by atoms with Crippen molar-refractivity contribution in [2.45, 2.75) is 25.4 Å². The van der Waals surface area contributed by atoms with E-state index in [0.717, 1.165) is 46.9 Å². The molecule has 1 unspecified atom stereocenters. The average Bonchev–Trinajstić information content (AvgIpc) is 3.60. The average molecular weight is 476 g/mol. The van der Waals surface area contributed by atoms with Gasteiger partial charge in [0.2, 0.25) is 5.91 Å². The smallest absolute Gasteiger partial charge is 0.246 e. The fourth-order valence-electron chi connectivity index (χ4n) is 4.18. The SMILES string of the molecule is O=C(/C=C/c1ccccc1)N(CCc1csc2nc(-c3ccc(F)cc3)cn12)CC1CCCO1. The van der Waals surface area contributed by atoms with Gasteiger partial charge in [0.15, 0.2) is 4.96 Å². The van der Waals surface area contributed by atoms with Crippen molar-refractivity contribution < 1.29 is 13.9 Å². The van der Waals surface area contributed by atoms with Crippen LogP contribution in [0.25, 0.3) is 22.3 Å². The molecule has 1 atom stereocenters. The molecular formula is C27H26FN3O2S. The minimum atomic E-state index is -0.261. The third kappa shape index (κ3) is 5.26. The summed E-state index contributed by atoms with van der Waals surface area (Å²) in [5.41, 5.74) is 3.79. The van der Waals surface area contributed by atoms with Crippen molar-refractivity contribution in [3.63, 3.8) is 0 Å². The normalized spacial score (nSPS) is 16.0. The topological polar surface area (TPSA) is 46.8 Å². The second kappa shape index (κ2) is 10.3. The van der Waals surface area contributed by atoms with E-state index in [2.05, 4.69) is 14.8 Å². The number of imidazole rings is 1. The predicted octanol–water partition coefficient (Wildman–Crippen LogP) is 5.47. The highest BCUT2D eigenvalue weighted by Crippen LogP contribution is 2.24. The highest BCUT2D eigenvalue weighted by Gasteiger charge is 2.22. The summed E-state index contributed by atoms with van der Waals surface area (Å²) in [6.45, 7) is 1.95. The molecule has 0 bridgehead atoms. The van der Waals surface area contributed by atoms with Crippen molar-refractivity contribution in [1.82, 2.24) is 14.3 Å². The standard InChI is InChI=1S/C27H26FN3O2S/c28-22-11-9-21(10-12-22)25-18-31-23(19-34-27(31)29-25)14-15-30(17-24-7-4-16-33-24)26(32)13-8-20-5-2-1-3-6-20/h1-3,5-6,8-13,18-19,24H,4,7,14-17H2/b13-8+. The maximum absolute atomic E-state index is 13.3. The number of hydrogen-bond acceptors (Lipinski definition) is 4. The molecule has 0 saturated carbocycles. The summed E-state index contributed by atoms with van der Waals surface area (Å²) in [5.74, 6) is -0.272. The van der Waals surface area contributed by atoms with E-state index in [1.165, 1.54) is 12.1 Å². The van der Waals surface area contributed by atoms with Crippen LogP contribution in [0.15, 0.2) is 72.3 Å². The molecule has 0 N–H and O–H groups in total. The minimum Gasteiger partial charge on any atom is -0.376 e. The fourth-order valence-corrected chi connectivity index (χ4v) is 5.09. The van der Waals surface area contributed by atoms with Crippen LogP contribution in [0, 0.1) is 5.82 Å². The number of fused-ring (bicyclic) bond motifs is 1. The van der Waals surface area contributed by atoms with Gasteiger partial charge in [-0.1, -0.05) is 30.3 Å². The van der Waals surface area contributed by atoms with Crippen LogP contribution in [-0.4, -0.2) is 46.0 Å². The Morgan fingerprint density at radius 1 is 1.21 bits per heavy atom. The second-order valence-corrected chi connectivity index (χ2v) is 9.26. The maximum atomic E-state index is 13.3. The molecule has 34 heavy (non-hydrogen) atoms. The first-order valence-corrected chi connectivity index (χ1v) is 12.4. The molecule has 1 aliphatic heterocycles. The molecule has 0 aliphatic carbocycles. The Hall–Kier alpha value is -3.29. The number of thiazole rings is 1. The number of amides is 1. The number of rotatable bonds is 8. The van der Waals surface area contributed by atoms with Crippen molar-refractivity contribution in [2.24, 2.45) is 0 Å². The molecule has 1 fully saturated rings. The molecular weight excluding hydrogens is 449 g/mol. The summed E-state index contributed by atoms with van der Waals surface area (Å²) in [4.78, 5) is 20.5. The summed E-state index contributed by atoms with van der Waals surface area (Å²) in [6.07, 6.45) is 8.31. The number of hydrogen-bond donors (Lipinski definition) is 0. The van der Waals surface area contributed by atoms with E-state index in [1.54, 1.807) is 29.5 Å². The van der Waals surface area contributed by atoms with Gasteiger partial charge in [-0.05, 0) is 48.7 Å². The number of halogens is 1. The van der Waals surface area contributed by atoms with Crippen molar-refractivity contribution in [3.05, 3.63) is 89.3 Å². The molecule has 1 aliphatic rings. The third-order valence-corrected chi connectivity index (χ3v) is 6.93. The quantitative estimate of drug-likeness (QED) is 0.318. The number of benzene rings is 2. The number of carbonyl (C=O) groups excluding carboxylic acids is 1. The largest absolute Gasteiger partial charge is 0.376 e. The highest BCUT2D eigenvalue weighted by molar-refractivity contribution is 7.15. The lowest BCUT2D eigenvalue weighted by Crippen LogP contribution is -2.37. The fraction of sp³-hybridized carbons (Fsp3) is 0.259. The van der Waals surface area contributed by atoms with Crippen LogP contribution in [-0.2, 0) is 16.0 Å². The summed E-state index contributed by atoms with van der Waals surface area (Å²) >= 11 is 1.57. The van der Waals surface area contributed by atoms with Crippen LogP contribution in [0.3, 0.4) is 0 Å². The number of carbonyl (C=O) groups is 1. The Bertz CT molecular complexity index is 1270. The summed E-state index contributed by atoms with van der Waals surface area (Å²) in [5, 5.41) is 2.09. The maximum Gasteiger partial charge on any atom is 0.246 e.